The van der Waals surface area contributed by atoms with Gasteiger partial charge in [-0.1, -0.05) is 77.4 Å². The minimum atomic E-state index is -0.266. The number of hydrogen-bond acceptors (Lipinski definition) is 4. The Morgan fingerprint density at radius 3 is 2.42 bits per heavy atom. The smallest absolute Gasteiger partial charge is 0.257 e. The molecule has 5 nitrogen and oxygen atoms in total. The highest BCUT2D eigenvalue weighted by Crippen LogP contribution is 2.31. The Morgan fingerprint density at radius 1 is 0.968 bits per heavy atom. The second-order valence-corrected chi connectivity index (χ2v) is 7.45. The third kappa shape index (κ3) is 4.95. The lowest BCUT2D eigenvalue weighted by Crippen LogP contribution is -2.23. The lowest BCUT2D eigenvalue weighted by molar-refractivity contribution is 0.0950. The summed E-state index contributed by atoms with van der Waals surface area (Å²) in [5.41, 5.74) is 3.54. The maximum atomic E-state index is 12.9. The van der Waals surface area contributed by atoms with E-state index in [2.05, 4.69) is 10.5 Å². The highest BCUT2D eigenvalue weighted by atomic mass is 35.5. The number of halogens is 1. The van der Waals surface area contributed by atoms with Gasteiger partial charge in [0.1, 0.15) is 29.4 Å². The molecule has 156 valence electrons. The summed E-state index contributed by atoms with van der Waals surface area (Å²) in [6.07, 6.45) is 0. The summed E-state index contributed by atoms with van der Waals surface area (Å²) in [7, 11) is 0. The van der Waals surface area contributed by atoms with Crippen LogP contribution < -0.4 is 10.1 Å². The first-order valence-corrected chi connectivity index (χ1v) is 10.2. The van der Waals surface area contributed by atoms with E-state index in [9.17, 15) is 4.79 Å². The number of aryl methyl sites for hydroxylation is 1. The fourth-order valence-corrected chi connectivity index (χ4v) is 3.42. The van der Waals surface area contributed by atoms with Crippen molar-refractivity contribution in [2.24, 2.45) is 0 Å². The summed E-state index contributed by atoms with van der Waals surface area (Å²) in [6.45, 7) is 2.58. The standard InChI is InChI=1S/C25H21ClN2O3/c1-17-23(24(28-31-17)21-9-5-6-10-22(21)26)25(29)27-15-18-11-13-20(14-12-18)30-16-19-7-3-2-4-8-19/h2-14H,15-16H2,1H3,(H,27,29). The van der Waals surface area contributed by atoms with E-state index in [-0.39, 0.29) is 5.91 Å². The number of carbonyl (C=O) groups is 1. The molecule has 0 atom stereocenters. The van der Waals surface area contributed by atoms with Crippen LogP contribution in [0.1, 0.15) is 27.2 Å². The molecule has 1 N–H and O–H groups in total. The second-order valence-electron chi connectivity index (χ2n) is 7.04. The summed E-state index contributed by atoms with van der Waals surface area (Å²) < 4.78 is 11.1. The first-order chi connectivity index (χ1) is 15.1. The fraction of sp³-hybridized carbons (Fsp3) is 0.120. The number of aromatic nitrogens is 1. The van der Waals surface area contributed by atoms with Crippen LogP contribution in [0, 0.1) is 6.92 Å². The van der Waals surface area contributed by atoms with Crippen LogP contribution in [-0.2, 0) is 13.2 Å². The Labute approximate surface area is 185 Å². The highest BCUT2D eigenvalue weighted by molar-refractivity contribution is 6.33. The Kier molecular flexibility index (Phi) is 6.34. The number of benzene rings is 3. The summed E-state index contributed by atoms with van der Waals surface area (Å²) in [5, 5.41) is 7.48. The van der Waals surface area contributed by atoms with Crippen LogP contribution in [-0.4, -0.2) is 11.1 Å². The number of carbonyl (C=O) groups excluding carboxylic acids is 1. The zero-order chi connectivity index (χ0) is 21.6. The van der Waals surface area contributed by atoms with Gasteiger partial charge in [-0.3, -0.25) is 4.79 Å². The Bertz CT molecular complexity index is 1170. The maximum absolute atomic E-state index is 12.9. The molecule has 6 heteroatoms. The number of rotatable bonds is 7. The van der Waals surface area contributed by atoms with E-state index in [0.717, 1.165) is 16.9 Å². The van der Waals surface area contributed by atoms with E-state index < -0.39 is 0 Å². The van der Waals surface area contributed by atoms with E-state index >= 15 is 0 Å². The zero-order valence-corrected chi connectivity index (χ0v) is 17.7. The van der Waals surface area contributed by atoms with Crippen LogP contribution in [0.2, 0.25) is 5.02 Å². The van der Waals surface area contributed by atoms with Gasteiger partial charge in [0.05, 0.1) is 5.02 Å². The number of amides is 1. The summed E-state index contributed by atoms with van der Waals surface area (Å²) in [5.74, 6) is 0.949. The van der Waals surface area contributed by atoms with E-state index in [4.69, 9.17) is 20.9 Å². The van der Waals surface area contributed by atoms with Gasteiger partial charge in [0.15, 0.2) is 0 Å². The Morgan fingerprint density at radius 2 is 1.68 bits per heavy atom. The molecule has 0 saturated heterocycles. The molecule has 0 unspecified atom stereocenters. The molecule has 0 saturated carbocycles. The lowest BCUT2D eigenvalue weighted by atomic mass is 10.1. The molecule has 0 spiro atoms. The fourth-order valence-electron chi connectivity index (χ4n) is 3.19. The maximum Gasteiger partial charge on any atom is 0.257 e. The molecule has 3 aromatic carbocycles. The van der Waals surface area contributed by atoms with Crippen molar-refractivity contribution in [2.75, 3.05) is 0 Å². The summed E-state index contributed by atoms with van der Waals surface area (Å²) >= 11 is 6.27. The summed E-state index contributed by atoms with van der Waals surface area (Å²) in [4.78, 5) is 12.9. The number of nitrogens with zero attached hydrogens (tertiary/aromatic N) is 1. The SMILES string of the molecule is Cc1onc(-c2ccccc2Cl)c1C(=O)NCc1ccc(OCc2ccccc2)cc1. The van der Waals surface area contributed by atoms with Gasteiger partial charge < -0.3 is 14.6 Å². The largest absolute Gasteiger partial charge is 0.489 e. The molecule has 31 heavy (non-hydrogen) atoms. The molecule has 0 aliphatic rings. The average Bonchev–Trinajstić information content (AvgIpc) is 3.19. The first-order valence-electron chi connectivity index (χ1n) is 9.87. The molecule has 0 aliphatic heterocycles. The average molecular weight is 433 g/mol. The van der Waals surface area contributed by atoms with Crippen molar-refractivity contribution in [3.8, 4) is 17.0 Å². The first kappa shape index (κ1) is 20.7. The Balaban J connectivity index is 1.39. The van der Waals surface area contributed by atoms with Crippen LogP contribution in [0.4, 0.5) is 0 Å². The van der Waals surface area contributed by atoms with Crippen molar-refractivity contribution in [2.45, 2.75) is 20.1 Å². The van der Waals surface area contributed by atoms with Crippen molar-refractivity contribution in [1.82, 2.24) is 10.5 Å². The van der Waals surface area contributed by atoms with Crippen LogP contribution in [0.25, 0.3) is 11.3 Å². The molecular formula is C25H21ClN2O3. The number of hydrogen-bond donors (Lipinski definition) is 1. The molecule has 0 aliphatic carbocycles. The molecule has 4 aromatic rings. The molecule has 1 heterocycles. The van der Waals surface area contributed by atoms with Crippen molar-refractivity contribution >= 4 is 17.5 Å². The molecule has 0 bridgehead atoms. The van der Waals surface area contributed by atoms with Crippen LogP contribution in [0.5, 0.6) is 5.75 Å². The normalized spacial score (nSPS) is 10.6. The van der Waals surface area contributed by atoms with Gasteiger partial charge in [-0.25, -0.2) is 0 Å². The lowest BCUT2D eigenvalue weighted by Gasteiger charge is -2.09. The molecule has 1 amide bonds. The predicted octanol–water partition coefficient (Wildman–Crippen LogP) is 5.81. The molecule has 0 radical (unpaired) electrons. The van der Waals surface area contributed by atoms with Gasteiger partial charge in [0.2, 0.25) is 0 Å². The van der Waals surface area contributed by atoms with Crippen molar-refractivity contribution in [1.29, 1.82) is 0 Å². The number of ether oxygens (including phenoxy) is 1. The van der Waals surface area contributed by atoms with Crippen LogP contribution >= 0.6 is 11.6 Å². The van der Waals surface area contributed by atoms with Gasteiger partial charge in [-0.05, 0) is 36.2 Å². The Hall–Kier alpha value is -3.57. The topological polar surface area (TPSA) is 64.4 Å². The molecule has 4 rings (SSSR count). The second kappa shape index (κ2) is 9.49. The van der Waals surface area contributed by atoms with Gasteiger partial charge in [-0.2, -0.15) is 0 Å². The van der Waals surface area contributed by atoms with Crippen molar-refractivity contribution < 1.29 is 14.1 Å². The van der Waals surface area contributed by atoms with Crippen LogP contribution in [0.3, 0.4) is 0 Å². The zero-order valence-electron chi connectivity index (χ0n) is 17.0. The van der Waals surface area contributed by atoms with Crippen LogP contribution in [0.15, 0.2) is 83.4 Å². The van der Waals surface area contributed by atoms with E-state index in [1.54, 1.807) is 13.0 Å². The van der Waals surface area contributed by atoms with Gasteiger partial charge in [0.25, 0.3) is 5.91 Å². The van der Waals surface area contributed by atoms with E-state index in [0.29, 0.717) is 40.8 Å². The van der Waals surface area contributed by atoms with Crippen molar-refractivity contribution in [3.63, 3.8) is 0 Å². The quantitative estimate of drug-likeness (QED) is 0.400. The minimum Gasteiger partial charge on any atom is -0.489 e. The predicted molar refractivity (Wildman–Crippen MR) is 120 cm³/mol. The van der Waals surface area contributed by atoms with Crippen molar-refractivity contribution in [3.05, 3.63) is 106 Å². The van der Waals surface area contributed by atoms with Gasteiger partial charge >= 0.3 is 0 Å². The monoisotopic (exact) mass is 432 g/mol. The number of nitrogens with one attached hydrogen (secondary N) is 1. The van der Waals surface area contributed by atoms with Gasteiger partial charge in [-0.15, -0.1) is 0 Å². The molecule has 0 fully saturated rings. The molecular weight excluding hydrogens is 412 g/mol. The van der Waals surface area contributed by atoms with E-state index in [1.807, 2.05) is 72.8 Å². The minimum absolute atomic E-state index is 0.266. The van der Waals surface area contributed by atoms with E-state index in [1.165, 1.54) is 0 Å². The van der Waals surface area contributed by atoms with Gasteiger partial charge in [0, 0.05) is 12.1 Å². The third-order valence-electron chi connectivity index (χ3n) is 4.84. The summed E-state index contributed by atoms with van der Waals surface area (Å²) in [6, 6.07) is 24.9. The third-order valence-corrected chi connectivity index (χ3v) is 5.17. The molecule has 1 aromatic heterocycles. The highest BCUT2D eigenvalue weighted by Gasteiger charge is 2.22.